The van der Waals surface area contributed by atoms with Crippen LogP contribution in [0.15, 0.2) is 30.6 Å². The van der Waals surface area contributed by atoms with E-state index in [0.717, 1.165) is 42.9 Å². The number of aromatic nitrogens is 3. The van der Waals surface area contributed by atoms with Gasteiger partial charge in [-0.2, -0.15) is 5.10 Å². The van der Waals surface area contributed by atoms with E-state index < -0.39 is 0 Å². The van der Waals surface area contributed by atoms with Crippen LogP contribution in [0.5, 0.6) is 0 Å². The van der Waals surface area contributed by atoms with Crippen molar-refractivity contribution in [3.05, 3.63) is 47.5 Å². The van der Waals surface area contributed by atoms with Crippen molar-refractivity contribution in [2.75, 3.05) is 26.2 Å². The van der Waals surface area contributed by atoms with Gasteiger partial charge in [0.25, 0.3) is 5.91 Å². The van der Waals surface area contributed by atoms with Gasteiger partial charge >= 0.3 is 0 Å². The Hall–Kier alpha value is -2.21. The van der Waals surface area contributed by atoms with Crippen LogP contribution in [0.3, 0.4) is 0 Å². The van der Waals surface area contributed by atoms with Crippen LogP contribution in [0.2, 0.25) is 0 Å². The summed E-state index contributed by atoms with van der Waals surface area (Å²) in [6.45, 7) is 6.48. The highest BCUT2D eigenvalue weighted by molar-refractivity contribution is 5.94. The summed E-state index contributed by atoms with van der Waals surface area (Å²) in [7, 11) is 0. The predicted molar refractivity (Wildman–Crippen MR) is 100.0 cm³/mol. The molecular weight excluding hydrogens is 326 g/mol. The third-order valence-electron chi connectivity index (χ3n) is 6.20. The first-order valence-electron chi connectivity index (χ1n) is 9.68. The summed E-state index contributed by atoms with van der Waals surface area (Å²) < 4.78 is 0. The lowest BCUT2D eigenvalue weighted by molar-refractivity contribution is -0.0178. The molecule has 0 saturated carbocycles. The fourth-order valence-electron chi connectivity index (χ4n) is 4.27. The minimum atomic E-state index is 0.157. The molecule has 0 atom stereocenters. The molecule has 26 heavy (non-hydrogen) atoms. The summed E-state index contributed by atoms with van der Waals surface area (Å²) in [6, 6.07) is 7.89. The van der Waals surface area contributed by atoms with E-state index in [4.69, 9.17) is 0 Å². The van der Waals surface area contributed by atoms with Crippen molar-refractivity contribution in [1.82, 2.24) is 25.0 Å². The summed E-state index contributed by atoms with van der Waals surface area (Å²) in [4.78, 5) is 21.7. The van der Waals surface area contributed by atoms with E-state index in [9.17, 15) is 4.79 Å². The van der Waals surface area contributed by atoms with Crippen LogP contribution in [-0.2, 0) is 6.42 Å². The second-order valence-electron chi connectivity index (χ2n) is 7.52. The van der Waals surface area contributed by atoms with Crippen LogP contribution in [0.4, 0.5) is 0 Å². The average Bonchev–Trinajstić information content (AvgIpc) is 3.14. The van der Waals surface area contributed by atoms with Crippen molar-refractivity contribution < 1.29 is 4.79 Å². The number of hydrogen-bond donors (Lipinski definition) is 1. The number of carbonyl (C=O) groups excluding carboxylic acids is 1. The molecule has 2 saturated heterocycles. The van der Waals surface area contributed by atoms with Gasteiger partial charge in [0.05, 0.1) is 0 Å². The Morgan fingerprint density at radius 3 is 2.42 bits per heavy atom. The van der Waals surface area contributed by atoms with Crippen LogP contribution in [0.1, 0.15) is 54.4 Å². The summed E-state index contributed by atoms with van der Waals surface area (Å²) in [5.41, 5.74) is 2.23. The molecular formula is C20H27N5O. The number of nitrogens with one attached hydrogen (secondary N) is 1. The van der Waals surface area contributed by atoms with Crippen LogP contribution < -0.4 is 0 Å². The maximum Gasteiger partial charge on any atom is 0.253 e. The number of likely N-dealkylation sites (tertiary alicyclic amines) is 2. The molecule has 2 aliphatic heterocycles. The first kappa shape index (κ1) is 17.2. The van der Waals surface area contributed by atoms with Gasteiger partial charge in [-0.25, -0.2) is 4.98 Å². The molecule has 0 unspecified atom stereocenters. The summed E-state index contributed by atoms with van der Waals surface area (Å²) >= 11 is 0. The van der Waals surface area contributed by atoms with Gasteiger partial charge in [-0.1, -0.05) is 19.1 Å². The number of rotatable bonds is 5. The molecule has 3 heterocycles. The van der Waals surface area contributed by atoms with Crippen molar-refractivity contribution >= 4 is 5.91 Å². The third-order valence-corrected chi connectivity index (χ3v) is 6.20. The Morgan fingerprint density at radius 2 is 1.88 bits per heavy atom. The number of nitrogens with zero attached hydrogens (tertiary/aromatic N) is 4. The molecule has 0 bridgehead atoms. The Kier molecular flexibility index (Phi) is 4.76. The van der Waals surface area contributed by atoms with Crippen LogP contribution in [0, 0.1) is 0 Å². The standard InChI is InChI=1S/C20H27N5O/c1-2-20(25-10-3-11-25)8-12-24(13-9-20)19(26)17-6-4-16(5-7-17)14-18-21-15-22-23-18/h4-7,15H,2-3,8-14H2,1H3,(H,21,22,23). The Labute approximate surface area is 154 Å². The quantitative estimate of drug-likeness (QED) is 0.897. The van der Waals surface area contributed by atoms with Gasteiger partial charge in [0, 0.05) is 30.6 Å². The van der Waals surface area contributed by atoms with Gasteiger partial charge < -0.3 is 4.90 Å². The van der Waals surface area contributed by atoms with Gasteiger partial charge in [-0.05, 0) is 56.5 Å². The molecule has 4 rings (SSSR count). The minimum Gasteiger partial charge on any atom is -0.339 e. The molecule has 2 fully saturated rings. The smallest absolute Gasteiger partial charge is 0.253 e. The van der Waals surface area contributed by atoms with Crippen LogP contribution in [0.25, 0.3) is 0 Å². The molecule has 2 aromatic rings. The lowest BCUT2D eigenvalue weighted by atomic mass is 9.81. The number of H-pyrrole nitrogens is 1. The van der Waals surface area contributed by atoms with Gasteiger partial charge in [-0.3, -0.25) is 14.8 Å². The molecule has 2 aliphatic rings. The Morgan fingerprint density at radius 1 is 1.15 bits per heavy atom. The topological polar surface area (TPSA) is 65.1 Å². The Balaban J connectivity index is 1.37. The first-order valence-corrected chi connectivity index (χ1v) is 9.68. The molecule has 1 amide bonds. The van der Waals surface area contributed by atoms with Crippen molar-refractivity contribution in [2.24, 2.45) is 0 Å². The highest BCUT2D eigenvalue weighted by atomic mass is 16.2. The normalized spacial score (nSPS) is 20.0. The predicted octanol–water partition coefficient (Wildman–Crippen LogP) is 2.49. The van der Waals surface area contributed by atoms with Crippen molar-refractivity contribution in [2.45, 2.75) is 44.6 Å². The Bertz CT molecular complexity index is 728. The van der Waals surface area contributed by atoms with E-state index in [1.807, 2.05) is 29.2 Å². The van der Waals surface area contributed by atoms with Crippen molar-refractivity contribution in [3.8, 4) is 0 Å². The molecule has 1 aromatic heterocycles. The molecule has 138 valence electrons. The lowest BCUT2D eigenvalue weighted by Gasteiger charge is -2.52. The number of benzene rings is 1. The molecule has 0 radical (unpaired) electrons. The monoisotopic (exact) mass is 353 g/mol. The van der Waals surface area contributed by atoms with Crippen LogP contribution in [-0.4, -0.2) is 62.6 Å². The third kappa shape index (κ3) is 3.26. The largest absolute Gasteiger partial charge is 0.339 e. The molecule has 1 aromatic carbocycles. The van der Waals surface area contributed by atoms with Crippen LogP contribution >= 0.6 is 0 Å². The van der Waals surface area contributed by atoms with Crippen molar-refractivity contribution in [1.29, 1.82) is 0 Å². The highest BCUT2D eigenvalue weighted by Crippen LogP contribution is 2.35. The number of piperidine rings is 1. The SMILES string of the molecule is CCC1(N2CCC2)CCN(C(=O)c2ccc(Cc3ncn[nH]3)cc2)CC1. The maximum absolute atomic E-state index is 12.9. The fourth-order valence-corrected chi connectivity index (χ4v) is 4.27. The van der Waals surface area contributed by atoms with E-state index in [1.54, 1.807) is 0 Å². The second kappa shape index (κ2) is 7.19. The van der Waals surface area contributed by atoms with E-state index in [-0.39, 0.29) is 5.91 Å². The molecule has 1 N–H and O–H groups in total. The summed E-state index contributed by atoms with van der Waals surface area (Å²) in [6.07, 6.45) is 6.92. The van der Waals surface area contributed by atoms with E-state index in [1.165, 1.54) is 32.3 Å². The zero-order valence-corrected chi connectivity index (χ0v) is 15.4. The highest BCUT2D eigenvalue weighted by Gasteiger charge is 2.41. The summed E-state index contributed by atoms with van der Waals surface area (Å²) in [5, 5.41) is 6.73. The zero-order chi connectivity index (χ0) is 18.0. The van der Waals surface area contributed by atoms with Crippen molar-refractivity contribution in [3.63, 3.8) is 0 Å². The number of amides is 1. The van der Waals surface area contributed by atoms with E-state index in [0.29, 0.717) is 12.0 Å². The lowest BCUT2D eigenvalue weighted by Crippen LogP contribution is -2.60. The zero-order valence-electron chi connectivity index (χ0n) is 15.4. The van der Waals surface area contributed by atoms with Gasteiger partial charge in [-0.15, -0.1) is 0 Å². The van der Waals surface area contributed by atoms with Gasteiger partial charge in [0.1, 0.15) is 12.2 Å². The minimum absolute atomic E-state index is 0.157. The first-order chi connectivity index (χ1) is 12.7. The average molecular weight is 353 g/mol. The number of hydrogen-bond acceptors (Lipinski definition) is 4. The number of carbonyl (C=O) groups is 1. The second-order valence-corrected chi connectivity index (χ2v) is 7.52. The molecule has 6 nitrogen and oxygen atoms in total. The molecule has 0 aliphatic carbocycles. The van der Waals surface area contributed by atoms with Gasteiger partial charge in [0.2, 0.25) is 0 Å². The number of aromatic amines is 1. The summed E-state index contributed by atoms with van der Waals surface area (Å²) in [5.74, 6) is 0.992. The van der Waals surface area contributed by atoms with Gasteiger partial charge in [0.15, 0.2) is 0 Å². The molecule has 0 spiro atoms. The van der Waals surface area contributed by atoms with E-state index in [2.05, 4.69) is 27.0 Å². The maximum atomic E-state index is 12.9. The fraction of sp³-hybridized carbons (Fsp3) is 0.550. The van der Waals surface area contributed by atoms with E-state index >= 15 is 0 Å². The molecule has 6 heteroatoms.